The highest BCUT2D eigenvalue weighted by molar-refractivity contribution is 5.95. The minimum absolute atomic E-state index is 0.164. The van der Waals surface area contributed by atoms with E-state index < -0.39 is 0 Å². The van der Waals surface area contributed by atoms with E-state index in [0.29, 0.717) is 5.56 Å². The largest absolute Gasteiger partial charge is 0.342 e. The number of rotatable bonds is 4. The molecule has 1 atom stereocenters. The number of amides is 1. The first-order valence-corrected chi connectivity index (χ1v) is 7.91. The number of aromatic nitrogens is 5. The van der Waals surface area contributed by atoms with Gasteiger partial charge in [-0.3, -0.25) is 9.36 Å². The second kappa shape index (κ2) is 6.20. The van der Waals surface area contributed by atoms with E-state index >= 15 is 0 Å². The van der Waals surface area contributed by atoms with Gasteiger partial charge in [0.15, 0.2) is 0 Å². The monoisotopic (exact) mass is 332 g/mol. The van der Waals surface area contributed by atoms with Crippen LogP contribution in [0.5, 0.6) is 0 Å². The van der Waals surface area contributed by atoms with Crippen LogP contribution in [0.25, 0.3) is 16.7 Å². The third-order valence-corrected chi connectivity index (χ3v) is 3.99. The molecule has 0 saturated carbocycles. The van der Waals surface area contributed by atoms with E-state index in [9.17, 15) is 4.79 Å². The first-order chi connectivity index (χ1) is 12.2. The molecular formula is C18H16N6O. The number of nitrogens with zero attached hydrogens (tertiary/aromatic N) is 4. The van der Waals surface area contributed by atoms with Gasteiger partial charge in [0.1, 0.15) is 18.5 Å². The molecule has 2 aromatic heterocycles. The summed E-state index contributed by atoms with van der Waals surface area (Å²) in [5.41, 5.74) is 3.23. The van der Waals surface area contributed by atoms with Crippen molar-refractivity contribution in [3.8, 4) is 5.69 Å². The molecule has 0 aliphatic rings. The molecular weight excluding hydrogens is 316 g/mol. The molecule has 124 valence electrons. The van der Waals surface area contributed by atoms with E-state index in [1.165, 1.54) is 0 Å². The first kappa shape index (κ1) is 15.1. The molecule has 0 radical (unpaired) electrons. The zero-order valence-electron chi connectivity index (χ0n) is 13.5. The molecule has 7 heteroatoms. The summed E-state index contributed by atoms with van der Waals surface area (Å²) in [6, 6.07) is 14.8. The first-order valence-electron chi connectivity index (χ1n) is 7.91. The molecule has 1 unspecified atom stereocenters. The van der Waals surface area contributed by atoms with Crippen LogP contribution in [0, 0.1) is 0 Å². The number of carbonyl (C=O) groups excluding carboxylic acids is 1. The highest BCUT2D eigenvalue weighted by Gasteiger charge is 2.15. The van der Waals surface area contributed by atoms with Gasteiger partial charge in [0.05, 0.1) is 17.1 Å². The normalized spacial score (nSPS) is 12.2. The Morgan fingerprint density at radius 2 is 1.92 bits per heavy atom. The van der Waals surface area contributed by atoms with E-state index in [2.05, 4.69) is 25.5 Å². The van der Waals surface area contributed by atoms with Crippen LogP contribution in [0.1, 0.15) is 29.1 Å². The van der Waals surface area contributed by atoms with Crippen LogP contribution in [0.15, 0.2) is 61.2 Å². The lowest BCUT2D eigenvalue weighted by Gasteiger charge is -2.12. The standard InChI is InChI=1S/C18H16N6O/c1-12(17-22-15-7-2-3-8-16(15)23-17)21-18(25)13-5-4-6-14(9-13)24-10-19-20-11-24/h2-12H,1H3,(H,21,25)(H,22,23). The number of hydrogen-bond donors (Lipinski definition) is 2. The Hall–Kier alpha value is -3.48. The van der Waals surface area contributed by atoms with Gasteiger partial charge < -0.3 is 10.3 Å². The molecule has 4 aromatic rings. The fourth-order valence-electron chi connectivity index (χ4n) is 2.67. The van der Waals surface area contributed by atoms with Crippen LogP contribution in [0.4, 0.5) is 0 Å². The van der Waals surface area contributed by atoms with Crippen molar-refractivity contribution in [1.29, 1.82) is 0 Å². The lowest BCUT2D eigenvalue weighted by atomic mass is 10.1. The zero-order valence-corrected chi connectivity index (χ0v) is 13.5. The van der Waals surface area contributed by atoms with E-state index in [1.54, 1.807) is 29.4 Å². The van der Waals surface area contributed by atoms with Gasteiger partial charge in [-0.2, -0.15) is 0 Å². The van der Waals surface area contributed by atoms with Gasteiger partial charge >= 0.3 is 0 Å². The smallest absolute Gasteiger partial charge is 0.251 e. The molecule has 0 spiro atoms. The molecule has 0 aliphatic carbocycles. The zero-order chi connectivity index (χ0) is 17.2. The Labute approximate surface area is 143 Å². The second-order valence-corrected chi connectivity index (χ2v) is 5.75. The summed E-state index contributed by atoms with van der Waals surface area (Å²) in [6.45, 7) is 1.90. The Bertz CT molecular complexity index is 988. The lowest BCUT2D eigenvalue weighted by Crippen LogP contribution is -2.27. The second-order valence-electron chi connectivity index (χ2n) is 5.75. The van der Waals surface area contributed by atoms with Crippen LogP contribution in [-0.2, 0) is 0 Å². The highest BCUT2D eigenvalue weighted by Crippen LogP contribution is 2.16. The van der Waals surface area contributed by atoms with E-state index in [4.69, 9.17) is 0 Å². The number of H-pyrrole nitrogens is 1. The van der Waals surface area contributed by atoms with Gasteiger partial charge in [-0.1, -0.05) is 18.2 Å². The van der Waals surface area contributed by atoms with Crippen molar-refractivity contribution in [1.82, 2.24) is 30.0 Å². The maximum absolute atomic E-state index is 12.6. The quantitative estimate of drug-likeness (QED) is 0.601. The number of carbonyl (C=O) groups is 1. The molecule has 7 nitrogen and oxygen atoms in total. The molecule has 1 amide bonds. The van der Waals surface area contributed by atoms with Crippen molar-refractivity contribution < 1.29 is 4.79 Å². The predicted octanol–water partition coefficient (Wildman–Crippen LogP) is 2.63. The topological polar surface area (TPSA) is 88.5 Å². The molecule has 0 bridgehead atoms. The molecule has 2 N–H and O–H groups in total. The molecule has 0 saturated heterocycles. The third kappa shape index (κ3) is 2.99. The van der Waals surface area contributed by atoms with E-state index in [0.717, 1.165) is 22.5 Å². The molecule has 0 fully saturated rings. The predicted molar refractivity (Wildman–Crippen MR) is 93.3 cm³/mol. The SMILES string of the molecule is CC(NC(=O)c1cccc(-n2cnnc2)c1)c1nc2ccccc2[nH]1. The van der Waals surface area contributed by atoms with Crippen LogP contribution < -0.4 is 5.32 Å². The summed E-state index contributed by atoms with van der Waals surface area (Å²) in [5.74, 6) is 0.562. The number of aromatic amines is 1. The van der Waals surface area contributed by atoms with E-state index in [-0.39, 0.29) is 11.9 Å². The third-order valence-electron chi connectivity index (χ3n) is 3.99. The van der Waals surface area contributed by atoms with Crippen molar-refractivity contribution in [2.45, 2.75) is 13.0 Å². The van der Waals surface area contributed by atoms with Crippen LogP contribution >= 0.6 is 0 Å². The van der Waals surface area contributed by atoms with Gasteiger partial charge in [0.25, 0.3) is 5.91 Å². The van der Waals surface area contributed by atoms with Crippen molar-refractivity contribution in [3.05, 3.63) is 72.6 Å². The minimum Gasteiger partial charge on any atom is -0.342 e. The van der Waals surface area contributed by atoms with E-state index in [1.807, 2.05) is 43.3 Å². The Morgan fingerprint density at radius 1 is 1.12 bits per heavy atom. The minimum atomic E-state index is -0.238. The molecule has 25 heavy (non-hydrogen) atoms. The van der Waals surface area contributed by atoms with Gasteiger partial charge in [0.2, 0.25) is 0 Å². The van der Waals surface area contributed by atoms with Crippen LogP contribution in [0.2, 0.25) is 0 Å². The summed E-state index contributed by atoms with van der Waals surface area (Å²) in [7, 11) is 0. The summed E-state index contributed by atoms with van der Waals surface area (Å²) in [5, 5.41) is 10.5. The molecule has 2 heterocycles. The average Bonchev–Trinajstić information content (AvgIpc) is 3.31. The van der Waals surface area contributed by atoms with Crippen molar-refractivity contribution in [2.75, 3.05) is 0 Å². The number of nitrogens with one attached hydrogen (secondary N) is 2. The summed E-state index contributed by atoms with van der Waals surface area (Å²) < 4.78 is 1.75. The molecule has 2 aromatic carbocycles. The average molecular weight is 332 g/mol. The lowest BCUT2D eigenvalue weighted by molar-refractivity contribution is 0.0938. The summed E-state index contributed by atoms with van der Waals surface area (Å²) in [4.78, 5) is 20.3. The number of para-hydroxylation sites is 2. The van der Waals surface area contributed by atoms with Crippen molar-refractivity contribution in [2.24, 2.45) is 0 Å². The van der Waals surface area contributed by atoms with Gasteiger partial charge in [-0.25, -0.2) is 4.98 Å². The highest BCUT2D eigenvalue weighted by atomic mass is 16.1. The maximum atomic E-state index is 12.6. The fraction of sp³-hybridized carbons (Fsp3) is 0.111. The van der Waals surface area contributed by atoms with Crippen molar-refractivity contribution >= 4 is 16.9 Å². The summed E-state index contributed by atoms with van der Waals surface area (Å²) >= 11 is 0. The van der Waals surface area contributed by atoms with Gasteiger partial charge in [-0.15, -0.1) is 10.2 Å². The molecule has 4 rings (SSSR count). The van der Waals surface area contributed by atoms with Crippen LogP contribution in [0.3, 0.4) is 0 Å². The number of benzene rings is 2. The van der Waals surface area contributed by atoms with Crippen LogP contribution in [-0.4, -0.2) is 30.6 Å². The Kier molecular flexibility index (Phi) is 3.74. The molecule has 0 aliphatic heterocycles. The van der Waals surface area contributed by atoms with Gasteiger partial charge in [0, 0.05) is 11.3 Å². The Morgan fingerprint density at radius 3 is 2.72 bits per heavy atom. The fourth-order valence-corrected chi connectivity index (χ4v) is 2.67. The number of fused-ring (bicyclic) bond motifs is 1. The summed E-state index contributed by atoms with van der Waals surface area (Å²) in [6.07, 6.45) is 3.18. The maximum Gasteiger partial charge on any atom is 0.251 e. The Balaban J connectivity index is 1.54. The van der Waals surface area contributed by atoms with Crippen molar-refractivity contribution in [3.63, 3.8) is 0 Å². The number of imidazole rings is 1. The van der Waals surface area contributed by atoms with Gasteiger partial charge in [-0.05, 0) is 37.3 Å². The number of hydrogen-bond acceptors (Lipinski definition) is 4.